The Bertz CT molecular complexity index is 617. The van der Waals surface area contributed by atoms with Crippen LogP contribution in [0.4, 0.5) is 5.69 Å². The van der Waals surface area contributed by atoms with E-state index in [-0.39, 0.29) is 23.5 Å². The largest absolute Gasteiger partial charge is 0.497 e. The standard InChI is InChI=1S/C14H15N3O3S/c1-20-10-4-2-3-9(7-10)16-12(18)8-11-13(19)17-6-5-15-14(17)21-11/h2-4,7,11H,5-6,8H2,1H3,(H,16,18). The number of hydrogen-bond donors (Lipinski definition) is 1. The second-order valence-electron chi connectivity index (χ2n) is 4.74. The van der Waals surface area contributed by atoms with Gasteiger partial charge in [0.1, 0.15) is 11.0 Å². The molecule has 1 N–H and O–H groups in total. The number of anilines is 1. The van der Waals surface area contributed by atoms with Gasteiger partial charge in [-0.25, -0.2) is 0 Å². The highest BCUT2D eigenvalue weighted by Gasteiger charge is 2.40. The summed E-state index contributed by atoms with van der Waals surface area (Å²) < 4.78 is 5.11. The molecule has 1 aromatic carbocycles. The topological polar surface area (TPSA) is 71.0 Å². The van der Waals surface area contributed by atoms with Crippen molar-refractivity contribution in [1.82, 2.24) is 4.90 Å². The quantitative estimate of drug-likeness (QED) is 0.911. The van der Waals surface area contributed by atoms with E-state index in [1.807, 2.05) is 0 Å². The second-order valence-corrected chi connectivity index (χ2v) is 5.91. The molecule has 1 fully saturated rings. The third-order valence-electron chi connectivity index (χ3n) is 3.31. The minimum Gasteiger partial charge on any atom is -0.497 e. The van der Waals surface area contributed by atoms with Crippen LogP contribution in [0.1, 0.15) is 6.42 Å². The van der Waals surface area contributed by atoms with Crippen LogP contribution in [0.25, 0.3) is 0 Å². The molecule has 1 atom stereocenters. The molecule has 1 aromatic rings. The van der Waals surface area contributed by atoms with E-state index in [1.54, 1.807) is 36.3 Å². The average molecular weight is 305 g/mol. The molecule has 2 aliphatic heterocycles. The summed E-state index contributed by atoms with van der Waals surface area (Å²) in [5, 5.41) is 3.17. The molecule has 3 rings (SSSR count). The fourth-order valence-electron chi connectivity index (χ4n) is 2.29. The first-order chi connectivity index (χ1) is 10.2. The first-order valence-corrected chi connectivity index (χ1v) is 7.52. The van der Waals surface area contributed by atoms with Crippen molar-refractivity contribution in [2.75, 3.05) is 25.5 Å². The van der Waals surface area contributed by atoms with Gasteiger partial charge in [0.15, 0.2) is 5.17 Å². The van der Waals surface area contributed by atoms with Gasteiger partial charge >= 0.3 is 0 Å². The van der Waals surface area contributed by atoms with Gasteiger partial charge in [-0.05, 0) is 12.1 Å². The van der Waals surface area contributed by atoms with E-state index in [2.05, 4.69) is 10.3 Å². The Balaban J connectivity index is 1.60. The number of amides is 2. The summed E-state index contributed by atoms with van der Waals surface area (Å²) in [6.45, 7) is 1.30. The lowest BCUT2D eigenvalue weighted by atomic mass is 10.2. The van der Waals surface area contributed by atoms with E-state index in [4.69, 9.17) is 4.74 Å². The monoisotopic (exact) mass is 305 g/mol. The van der Waals surface area contributed by atoms with E-state index in [1.165, 1.54) is 11.8 Å². The summed E-state index contributed by atoms with van der Waals surface area (Å²) in [6.07, 6.45) is 0.149. The molecule has 0 aliphatic carbocycles. The highest BCUT2D eigenvalue weighted by atomic mass is 32.2. The van der Waals surface area contributed by atoms with Gasteiger partial charge in [-0.15, -0.1) is 0 Å². The lowest BCUT2D eigenvalue weighted by Crippen LogP contribution is -2.32. The molecule has 1 unspecified atom stereocenters. The Morgan fingerprint density at radius 3 is 3.19 bits per heavy atom. The molecule has 1 saturated heterocycles. The van der Waals surface area contributed by atoms with Gasteiger partial charge in [-0.2, -0.15) is 0 Å². The van der Waals surface area contributed by atoms with Crippen LogP contribution in [-0.4, -0.2) is 47.3 Å². The SMILES string of the molecule is COc1cccc(NC(=O)CC2SC3=NCCN3C2=O)c1. The molecule has 21 heavy (non-hydrogen) atoms. The number of nitrogens with one attached hydrogen (secondary N) is 1. The first-order valence-electron chi connectivity index (χ1n) is 6.64. The zero-order valence-electron chi connectivity index (χ0n) is 11.5. The molecule has 0 aromatic heterocycles. The Morgan fingerprint density at radius 2 is 2.43 bits per heavy atom. The van der Waals surface area contributed by atoms with Crippen LogP contribution in [0.2, 0.25) is 0 Å². The highest BCUT2D eigenvalue weighted by molar-refractivity contribution is 8.15. The molecule has 2 heterocycles. The molecule has 2 amide bonds. The number of thioether (sulfide) groups is 1. The Labute approximate surface area is 126 Å². The summed E-state index contributed by atoms with van der Waals surface area (Å²) in [5.74, 6) is 0.474. The van der Waals surface area contributed by atoms with Crippen LogP contribution in [0.5, 0.6) is 5.75 Å². The van der Waals surface area contributed by atoms with Crippen LogP contribution in [0.15, 0.2) is 29.3 Å². The Hall–Kier alpha value is -2.02. The molecule has 0 saturated carbocycles. The predicted octanol–water partition coefficient (Wildman–Crippen LogP) is 1.34. The van der Waals surface area contributed by atoms with Crippen LogP contribution in [0, 0.1) is 0 Å². The molecule has 6 nitrogen and oxygen atoms in total. The normalized spacial score (nSPS) is 20.2. The minimum atomic E-state index is -0.366. The number of amidine groups is 1. The summed E-state index contributed by atoms with van der Waals surface area (Å²) in [7, 11) is 1.57. The number of rotatable bonds is 4. The van der Waals surface area contributed by atoms with Gasteiger partial charge in [0.05, 0.1) is 13.7 Å². The second kappa shape index (κ2) is 5.77. The number of methoxy groups -OCH3 is 1. The Morgan fingerprint density at radius 1 is 1.57 bits per heavy atom. The fraction of sp³-hybridized carbons (Fsp3) is 0.357. The van der Waals surface area contributed by atoms with Gasteiger partial charge in [0.2, 0.25) is 11.8 Å². The van der Waals surface area contributed by atoms with Crippen molar-refractivity contribution in [3.8, 4) is 5.75 Å². The van der Waals surface area contributed by atoms with Gasteiger partial charge in [0, 0.05) is 24.7 Å². The third kappa shape index (κ3) is 2.87. The predicted molar refractivity (Wildman–Crippen MR) is 81.6 cm³/mol. The minimum absolute atomic E-state index is 0.0166. The number of carbonyl (C=O) groups is 2. The van der Waals surface area contributed by atoms with Crippen molar-refractivity contribution in [3.63, 3.8) is 0 Å². The van der Waals surface area contributed by atoms with Crippen molar-refractivity contribution in [3.05, 3.63) is 24.3 Å². The molecule has 110 valence electrons. The van der Waals surface area contributed by atoms with E-state index >= 15 is 0 Å². The number of fused-ring (bicyclic) bond motifs is 1. The maximum Gasteiger partial charge on any atom is 0.242 e. The number of aliphatic imine (C=N–C) groups is 1. The molecule has 0 bridgehead atoms. The van der Waals surface area contributed by atoms with Crippen molar-refractivity contribution in [2.24, 2.45) is 4.99 Å². The number of hydrogen-bond acceptors (Lipinski definition) is 5. The van der Waals surface area contributed by atoms with Gasteiger partial charge in [0.25, 0.3) is 0 Å². The summed E-state index contributed by atoms with van der Waals surface area (Å²) in [6, 6.07) is 7.13. The number of benzene rings is 1. The summed E-state index contributed by atoms with van der Waals surface area (Å²) >= 11 is 1.38. The third-order valence-corrected chi connectivity index (χ3v) is 4.53. The fourth-order valence-corrected chi connectivity index (χ4v) is 3.49. The number of ether oxygens (including phenoxy) is 1. The molecule has 7 heteroatoms. The lowest BCUT2D eigenvalue weighted by Gasteiger charge is -2.10. The molecular formula is C14H15N3O3S. The zero-order chi connectivity index (χ0) is 14.8. The summed E-state index contributed by atoms with van der Waals surface area (Å²) in [5.41, 5.74) is 0.660. The lowest BCUT2D eigenvalue weighted by molar-refractivity contribution is -0.127. The maximum absolute atomic E-state index is 12.1. The van der Waals surface area contributed by atoms with Crippen LogP contribution >= 0.6 is 11.8 Å². The van der Waals surface area contributed by atoms with Gasteiger partial charge in [-0.1, -0.05) is 17.8 Å². The average Bonchev–Trinajstić information content (AvgIpc) is 3.03. The zero-order valence-corrected chi connectivity index (χ0v) is 12.4. The van der Waals surface area contributed by atoms with Crippen LogP contribution in [0.3, 0.4) is 0 Å². The first kappa shape index (κ1) is 13.9. The van der Waals surface area contributed by atoms with Crippen molar-refractivity contribution < 1.29 is 14.3 Å². The molecule has 2 aliphatic rings. The van der Waals surface area contributed by atoms with E-state index in [9.17, 15) is 9.59 Å². The molecule has 0 spiro atoms. The van der Waals surface area contributed by atoms with Crippen LogP contribution < -0.4 is 10.1 Å². The van der Waals surface area contributed by atoms with Crippen molar-refractivity contribution in [2.45, 2.75) is 11.7 Å². The van der Waals surface area contributed by atoms with E-state index in [0.29, 0.717) is 24.5 Å². The van der Waals surface area contributed by atoms with E-state index in [0.717, 1.165) is 5.17 Å². The van der Waals surface area contributed by atoms with Gasteiger partial charge in [-0.3, -0.25) is 19.5 Å². The van der Waals surface area contributed by atoms with Gasteiger partial charge < -0.3 is 10.1 Å². The van der Waals surface area contributed by atoms with Crippen molar-refractivity contribution in [1.29, 1.82) is 0 Å². The summed E-state index contributed by atoms with van der Waals surface area (Å²) in [4.78, 5) is 30.1. The Kier molecular flexibility index (Phi) is 3.83. The molecular weight excluding hydrogens is 290 g/mol. The van der Waals surface area contributed by atoms with Crippen molar-refractivity contribution >= 4 is 34.4 Å². The number of carbonyl (C=O) groups excluding carboxylic acids is 2. The van der Waals surface area contributed by atoms with Crippen LogP contribution in [-0.2, 0) is 9.59 Å². The van der Waals surface area contributed by atoms with E-state index < -0.39 is 0 Å². The smallest absolute Gasteiger partial charge is 0.242 e. The number of nitrogens with zero attached hydrogens (tertiary/aromatic N) is 2. The highest BCUT2D eigenvalue weighted by Crippen LogP contribution is 2.31. The molecule has 0 radical (unpaired) electrons. The maximum atomic E-state index is 12.1.